The lowest BCUT2D eigenvalue weighted by Gasteiger charge is -2.24. The van der Waals surface area contributed by atoms with E-state index in [-0.39, 0.29) is 0 Å². The van der Waals surface area contributed by atoms with Crippen molar-refractivity contribution in [3.05, 3.63) is 67.1 Å². The summed E-state index contributed by atoms with van der Waals surface area (Å²) in [4.78, 5) is 14.8. The molecule has 1 unspecified atom stereocenters. The SMILES string of the molecule is c1cnc(Oc2ccc(CN3CCCC3Cn3ccnc3)cc2)cn1. The van der Waals surface area contributed by atoms with Crippen LogP contribution in [0.25, 0.3) is 0 Å². The average molecular weight is 335 g/mol. The highest BCUT2D eigenvalue weighted by atomic mass is 16.5. The molecule has 1 aliphatic heterocycles. The molecule has 0 spiro atoms. The maximum atomic E-state index is 5.70. The van der Waals surface area contributed by atoms with E-state index < -0.39 is 0 Å². The second kappa shape index (κ2) is 7.44. The second-order valence-electron chi connectivity index (χ2n) is 6.32. The summed E-state index contributed by atoms with van der Waals surface area (Å²) in [6.07, 6.45) is 13.1. The highest BCUT2D eigenvalue weighted by molar-refractivity contribution is 5.30. The standard InChI is InChI=1S/C19H21N5O/c1-2-17(14-23-11-9-21-15-23)24(10-1)13-16-3-5-18(6-4-16)25-19-12-20-7-8-22-19/h3-9,11-12,15,17H,1-2,10,13-14H2. The predicted molar refractivity (Wildman–Crippen MR) is 94.2 cm³/mol. The van der Waals surface area contributed by atoms with Gasteiger partial charge in [-0.3, -0.25) is 9.88 Å². The number of hydrogen-bond donors (Lipinski definition) is 0. The Kier molecular flexibility index (Phi) is 4.70. The molecule has 1 atom stereocenters. The summed E-state index contributed by atoms with van der Waals surface area (Å²) in [5, 5.41) is 0. The van der Waals surface area contributed by atoms with Gasteiger partial charge < -0.3 is 9.30 Å². The Morgan fingerprint density at radius 1 is 1.08 bits per heavy atom. The first-order valence-electron chi connectivity index (χ1n) is 8.59. The average Bonchev–Trinajstić information content (AvgIpc) is 3.31. The largest absolute Gasteiger partial charge is 0.438 e. The van der Waals surface area contributed by atoms with Crippen LogP contribution in [0.2, 0.25) is 0 Å². The molecule has 0 N–H and O–H groups in total. The van der Waals surface area contributed by atoms with Gasteiger partial charge in [-0.15, -0.1) is 0 Å². The minimum Gasteiger partial charge on any atom is -0.438 e. The number of nitrogens with zero attached hydrogens (tertiary/aromatic N) is 5. The minimum absolute atomic E-state index is 0.509. The van der Waals surface area contributed by atoms with Gasteiger partial charge >= 0.3 is 0 Å². The van der Waals surface area contributed by atoms with Crippen molar-refractivity contribution in [1.82, 2.24) is 24.4 Å². The Hall–Kier alpha value is -2.73. The highest BCUT2D eigenvalue weighted by Gasteiger charge is 2.24. The van der Waals surface area contributed by atoms with Crippen molar-refractivity contribution < 1.29 is 4.74 Å². The maximum Gasteiger partial charge on any atom is 0.237 e. The van der Waals surface area contributed by atoms with Crippen molar-refractivity contribution >= 4 is 0 Å². The van der Waals surface area contributed by atoms with Crippen molar-refractivity contribution in [1.29, 1.82) is 0 Å². The molecule has 1 fully saturated rings. The molecule has 0 bridgehead atoms. The zero-order valence-electron chi connectivity index (χ0n) is 14.0. The van der Waals surface area contributed by atoms with Crippen LogP contribution in [0.15, 0.2) is 61.6 Å². The number of likely N-dealkylation sites (tertiary alicyclic amines) is 1. The van der Waals surface area contributed by atoms with Crippen molar-refractivity contribution in [3.8, 4) is 11.6 Å². The number of rotatable bonds is 6. The van der Waals surface area contributed by atoms with Crippen LogP contribution in [0.4, 0.5) is 0 Å². The molecular weight excluding hydrogens is 314 g/mol. The zero-order valence-corrected chi connectivity index (χ0v) is 14.0. The van der Waals surface area contributed by atoms with Crippen LogP contribution in [0, 0.1) is 0 Å². The number of aromatic nitrogens is 4. The second-order valence-corrected chi connectivity index (χ2v) is 6.32. The number of benzene rings is 1. The lowest BCUT2D eigenvalue weighted by molar-refractivity contribution is 0.224. The molecular formula is C19H21N5O. The summed E-state index contributed by atoms with van der Waals surface area (Å²) in [7, 11) is 0. The quantitative estimate of drug-likeness (QED) is 0.693. The van der Waals surface area contributed by atoms with Crippen LogP contribution in [-0.4, -0.2) is 37.0 Å². The monoisotopic (exact) mass is 335 g/mol. The molecule has 128 valence electrons. The molecule has 6 heteroatoms. The molecule has 0 amide bonds. The fourth-order valence-corrected chi connectivity index (χ4v) is 3.30. The summed E-state index contributed by atoms with van der Waals surface area (Å²) >= 11 is 0. The van der Waals surface area contributed by atoms with E-state index >= 15 is 0 Å². The predicted octanol–water partition coefficient (Wildman–Crippen LogP) is 3.13. The van der Waals surface area contributed by atoms with Gasteiger partial charge in [0.05, 0.1) is 12.5 Å². The first-order valence-corrected chi connectivity index (χ1v) is 8.59. The number of hydrogen-bond acceptors (Lipinski definition) is 5. The van der Waals surface area contributed by atoms with E-state index in [1.807, 2.05) is 30.9 Å². The van der Waals surface area contributed by atoms with Gasteiger partial charge in [0.15, 0.2) is 0 Å². The summed E-state index contributed by atoms with van der Waals surface area (Å²) in [6, 6.07) is 8.80. The Morgan fingerprint density at radius 2 is 2.00 bits per heavy atom. The first kappa shape index (κ1) is 15.8. The first-order chi connectivity index (χ1) is 12.4. The Balaban J connectivity index is 1.37. The van der Waals surface area contributed by atoms with E-state index in [4.69, 9.17) is 4.74 Å². The molecule has 3 heterocycles. The fourth-order valence-electron chi connectivity index (χ4n) is 3.30. The molecule has 3 aromatic rings. The van der Waals surface area contributed by atoms with Gasteiger partial charge in [-0.2, -0.15) is 0 Å². The highest BCUT2D eigenvalue weighted by Crippen LogP contribution is 2.23. The van der Waals surface area contributed by atoms with Crippen molar-refractivity contribution in [2.24, 2.45) is 0 Å². The van der Waals surface area contributed by atoms with Crippen LogP contribution < -0.4 is 4.74 Å². The fraction of sp³-hybridized carbons (Fsp3) is 0.316. The summed E-state index contributed by atoms with van der Waals surface area (Å²) in [5.41, 5.74) is 1.30. The molecule has 6 nitrogen and oxygen atoms in total. The van der Waals surface area contributed by atoms with Crippen molar-refractivity contribution in [2.45, 2.75) is 32.0 Å². The third-order valence-corrected chi connectivity index (χ3v) is 4.55. The molecule has 1 aliphatic rings. The summed E-state index contributed by atoms with van der Waals surface area (Å²) < 4.78 is 7.86. The van der Waals surface area contributed by atoms with Gasteiger partial charge in [0, 0.05) is 43.9 Å². The normalized spacial score (nSPS) is 17.7. The smallest absolute Gasteiger partial charge is 0.237 e. The van der Waals surface area contributed by atoms with Crippen LogP contribution >= 0.6 is 0 Å². The lowest BCUT2D eigenvalue weighted by atomic mass is 10.1. The van der Waals surface area contributed by atoms with Gasteiger partial charge in [-0.1, -0.05) is 12.1 Å². The van der Waals surface area contributed by atoms with Crippen LogP contribution in [-0.2, 0) is 13.1 Å². The summed E-state index contributed by atoms with van der Waals surface area (Å²) in [6.45, 7) is 3.12. The van der Waals surface area contributed by atoms with E-state index in [0.29, 0.717) is 11.9 Å². The third-order valence-electron chi connectivity index (χ3n) is 4.55. The molecule has 2 aromatic heterocycles. The molecule has 0 radical (unpaired) electrons. The molecule has 0 saturated carbocycles. The van der Waals surface area contributed by atoms with Crippen LogP contribution in [0.5, 0.6) is 11.6 Å². The Labute approximate surface area is 147 Å². The van der Waals surface area contributed by atoms with E-state index in [9.17, 15) is 0 Å². The van der Waals surface area contributed by atoms with Gasteiger partial charge in [-0.25, -0.2) is 9.97 Å². The van der Waals surface area contributed by atoms with Crippen molar-refractivity contribution in [2.75, 3.05) is 6.54 Å². The molecule has 0 aliphatic carbocycles. The lowest BCUT2D eigenvalue weighted by Crippen LogP contribution is -2.32. The topological polar surface area (TPSA) is 56.1 Å². The van der Waals surface area contributed by atoms with Gasteiger partial charge in [-0.05, 0) is 37.1 Å². The summed E-state index contributed by atoms with van der Waals surface area (Å²) in [5.74, 6) is 1.29. The Morgan fingerprint density at radius 3 is 2.76 bits per heavy atom. The van der Waals surface area contributed by atoms with E-state index in [1.54, 1.807) is 18.6 Å². The third kappa shape index (κ3) is 4.03. The van der Waals surface area contributed by atoms with Crippen molar-refractivity contribution in [3.63, 3.8) is 0 Å². The van der Waals surface area contributed by atoms with Gasteiger partial charge in [0.1, 0.15) is 5.75 Å². The van der Waals surface area contributed by atoms with Gasteiger partial charge in [0.2, 0.25) is 5.88 Å². The number of imidazole rings is 1. The minimum atomic E-state index is 0.509. The van der Waals surface area contributed by atoms with Crippen LogP contribution in [0.3, 0.4) is 0 Å². The van der Waals surface area contributed by atoms with E-state index in [2.05, 4.69) is 36.6 Å². The Bertz CT molecular complexity index is 773. The molecule has 1 aromatic carbocycles. The van der Waals surface area contributed by atoms with E-state index in [1.165, 1.54) is 18.4 Å². The van der Waals surface area contributed by atoms with E-state index in [0.717, 1.165) is 25.4 Å². The maximum absolute atomic E-state index is 5.70. The number of ether oxygens (including phenoxy) is 1. The molecule has 4 rings (SSSR count). The van der Waals surface area contributed by atoms with Crippen LogP contribution in [0.1, 0.15) is 18.4 Å². The zero-order chi connectivity index (χ0) is 16.9. The van der Waals surface area contributed by atoms with Gasteiger partial charge in [0.25, 0.3) is 0 Å². The molecule has 25 heavy (non-hydrogen) atoms. The molecule has 1 saturated heterocycles.